The molecule has 2 bridgehead atoms. The summed E-state index contributed by atoms with van der Waals surface area (Å²) in [6, 6.07) is 5.41. The topological polar surface area (TPSA) is 20.2 Å². The second-order valence-electron chi connectivity index (χ2n) is 5.82. The van der Waals surface area contributed by atoms with Crippen LogP contribution in [0.4, 0.5) is 0 Å². The molecule has 0 heterocycles. The smallest absolute Gasteiger partial charge is 0.0821 e. The first-order chi connectivity index (χ1) is 8.65. The molecule has 1 aromatic rings. The molecule has 0 amide bonds. The maximum absolute atomic E-state index is 10.4. The number of halogens is 2. The summed E-state index contributed by atoms with van der Waals surface area (Å²) in [5.74, 6) is 2.39. The summed E-state index contributed by atoms with van der Waals surface area (Å²) in [4.78, 5) is 0. The molecule has 1 nitrogen and oxygen atoms in total. The Kier molecular flexibility index (Phi) is 3.57. The van der Waals surface area contributed by atoms with Crippen LogP contribution in [0.15, 0.2) is 18.2 Å². The van der Waals surface area contributed by atoms with Crippen molar-refractivity contribution in [1.82, 2.24) is 0 Å². The van der Waals surface area contributed by atoms with E-state index < -0.39 is 6.10 Å². The van der Waals surface area contributed by atoms with E-state index >= 15 is 0 Å². The van der Waals surface area contributed by atoms with Crippen molar-refractivity contribution in [1.29, 1.82) is 0 Å². The third kappa shape index (κ3) is 2.29. The molecular formula is C15H18Cl2O. The second kappa shape index (κ2) is 5.03. The third-order valence-corrected chi connectivity index (χ3v) is 5.40. The van der Waals surface area contributed by atoms with E-state index in [1.165, 1.54) is 25.7 Å². The second-order valence-corrected chi connectivity index (χ2v) is 6.64. The molecule has 4 unspecified atom stereocenters. The van der Waals surface area contributed by atoms with Crippen molar-refractivity contribution in [2.45, 2.75) is 38.2 Å². The van der Waals surface area contributed by atoms with Crippen LogP contribution in [0.1, 0.15) is 43.8 Å². The van der Waals surface area contributed by atoms with Crippen LogP contribution in [-0.4, -0.2) is 5.11 Å². The van der Waals surface area contributed by atoms with Gasteiger partial charge in [0.15, 0.2) is 0 Å². The Morgan fingerprint density at radius 3 is 2.44 bits per heavy atom. The minimum atomic E-state index is -0.518. The van der Waals surface area contributed by atoms with E-state index in [0.717, 1.165) is 18.3 Å². The Labute approximate surface area is 118 Å². The Balaban J connectivity index is 1.73. The number of hydrogen-bond donors (Lipinski definition) is 1. The molecule has 3 rings (SSSR count). The van der Waals surface area contributed by atoms with Crippen LogP contribution in [-0.2, 0) is 0 Å². The van der Waals surface area contributed by atoms with Crippen LogP contribution in [0.2, 0.25) is 10.0 Å². The van der Waals surface area contributed by atoms with E-state index in [0.29, 0.717) is 21.5 Å². The lowest BCUT2D eigenvalue weighted by atomic mass is 9.83. The van der Waals surface area contributed by atoms with Crippen LogP contribution in [0.25, 0.3) is 0 Å². The van der Waals surface area contributed by atoms with Crippen LogP contribution in [0.5, 0.6) is 0 Å². The zero-order valence-electron chi connectivity index (χ0n) is 10.3. The van der Waals surface area contributed by atoms with Crippen molar-refractivity contribution in [3.05, 3.63) is 33.8 Å². The fourth-order valence-corrected chi connectivity index (χ4v) is 4.55. The summed E-state index contributed by atoms with van der Waals surface area (Å²) >= 11 is 12.3. The highest BCUT2D eigenvalue weighted by Crippen LogP contribution is 2.51. The van der Waals surface area contributed by atoms with Gasteiger partial charge < -0.3 is 5.11 Å². The number of aliphatic hydroxyl groups is 1. The Morgan fingerprint density at radius 2 is 1.89 bits per heavy atom. The highest BCUT2D eigenvalue weighted by Gasteiger charge is 2.40. The average Bonchev–Trinajstić information content (AvgIpc) is 2.90. The van der Waals surface area contributed by atoms with Crippen molar-refractivity contribution < 1.29 is 5.11 Å². The Hall–Kier alpha value is -0.240. The van der Waals surface area contributed by atoms with E-state index in [1.807, 2.05) is 6.07 Å². The quantitative estimate of drug-likeness (QED) is 0.841. The molecule has 0 saturated heterocycles. The lowest BCUT2D eigenvalue weighted by molar-refractivity contribution is 0.126. The van der Waals surface area contributed by atoms with Gasteiger partial charge in [-0.25, -0.2) is 0 Å². The first-order valence-corrected chi connectivity index (χ1v) is 7.52. The number of rotatable bonds is 3. The molecule has 2 saturated carbocycles. The lowest BCUT2D eigenvalue weighted by Crippen LogP contribution is -2.14. The van der Waals surface area contributed by atoms with Crippen LogP contribution >= 0.6 is 23.2 Å². The van der Waals surface area contributed by atoms with Crippen molar-refractivity contribution in [3.63, 3.8) is 0 Å². The molecule has 0 spiro atoms. The minimum absolute atomic E-state index is 0.518. The largest absolute Gasteiger partial charge is 0.388 e. The van der Waals surface area contributed by atoms with E-state index in [2.05, 4.69) is 0 Å². The van der Waals surface area contributed by atoms with Gasteiger partial charge in [0.2, 0.25) is 0 Å². The van der Waals surface area contributed by atoms with Gasteiger partial charge in [-0.2, -0.15) is 0 Å². The summed E-state index contributed by atoms with van der Waals surface area (Å²) in [6.45, 7) is 0. The lowest BCUT2D eigenvalue weighted by Gasteiger charge is -2.25. The van der Waals surface area contributed by atoms with E-state index in [-0.39, 0.29) is 0 Å². The van der Waals surface area contributed by atoms with E-state index in [1.54, 1.807) is 12.1 Å². The standard InChI is InChI=1S/C15H18Cl2O/c16-12-2-1-3-13(17)15(12)14(18)8-11-7-9-4-5-10(11)6-9/h1-3,9-11,14,18H,4-8H2. The van der Waals surface area contributed by atoms with E-state index in [4.69, 9.17) is 23.2 Å². The molecule has 3 heteroatoms. The molecule has 2 fully saturated rings. The molecule has 0 aliphatic heterocycles. The van der Waals surface area contributed by atoms with Gasteiger partial charge in [-0.05, 0) is 55.6 Å². The zero-order chi connectivity index (χ0) is 12.7. The van der Waals surface area contributed by atoms with Gasteiger partial charge in [-0.1, -0.05) is 35.7 Å². The van der Waals surface area contributed by atoms with Gasteiger partial charge in [0.1, 0.15) is 0 Å². The van der Waals surface area contributed by atoms with Gasteiger partial charge in [-0.3, -0.25) is 0 Å². The van der Waals surface area contributed by atoms with Crippen molar-refractivity contribution in [3.8, 4) is 0 Å². The third-order valence-electron chi connectivity index (χ3n) is 4.74. The van der Waals surface area contributed by atoms with Gasteiger partial charge in [-0.15, -0.1) is 0 Å². The van der Waals surface area contributed by atoms with Crippen molar-refractivity contribution >= 4 is 23.2 Å². The molecular weight excluding hydrogens is 267 g/mol. The number of benzene rings is 1. The monoisotopic (exact) mass is 284 g/mol. The normalized spacial score (nSPS) is 31.8. The van der Waals surface area contributed by atoms with Crippen LogP contribution in [0, 0.1) is 17.8 Å². The summed E-state index contributed by atoms with van der Waals surface area (Å²) in [7, 11) is 0. The summed E-state index contributed by atoms with van der Waals surface area (Å²) in [6.07, 6.45) is 5.68. The Morgan fingerprint density at radius 1 is 1.17 bits per heavy atom. The highest BCUT2D eigenvalue weighted by molar-refractivity contribution is 6.36. The maximum Gasteiger partial charge on any atom is 0.0821 e. The minimum Gasteiger partial charge on any atom is -0.388 e. The van der Waals surface area contributed by atoms with Crippen molar-refractivity contribution in [2.24, 2.45) is 17.8 Å². The highest BCUT2D eigenvalue weighted by atomic mass is 35.5. The molecule has 2 aliphatic carbocycles. The van der Waals surface area contributed by atoms with Gasteiger partial charge in [0, 0.05) is 15.6 Å². The number of aliphatic hydroxyl groups excluding tert-OH is 1. The van der Waals surface area contributed by atoms with Crippen LogP contribution < -0.4 is 0 Å². The number of fused-ring (bicyclic) bond motifs is 2. The molecule has 1 aromatic carbocycles. The molecule has 0 aromatic heterocycles. The van der Waals surface area contributed by atoms with Crippen molar-refractivity contribution in [2.75, 3.05) is 0 Å². The summed E-state index contributed by atoms with van der Waals surface area (Å²) in [5, 5.41) is 11.6. The first-order valence-electron chi connectivity index (χ1n) is 6.77. The first kappa shape index (κ1) is 12.8. The molecule has 18 heavy (non-hydrogen) atoms. The summed E-state index contributed by atoms with van der Waals surface area (Å²) in [5.41, 5.74) is 0.712. The fourth-order valence-electron chi connectivity index (χ4n) is 3.90. The summed E-state index contributed by atoms with van der Waals surface area (Å²) < 4.78 is 0. The zero-order valence-corrected chi connectivity index (χ0v) is 11.8. The fraction of sp³-hybridized carbons (Fsp3) is 0.600. The molecule has 1 N–H and O–H groups in total. The Bertz CT molecular complexity index is 426. The van der Waals surface area contributed by atoms with E-state index in [9.17, 15) is 5.11 Å². The maximum atomic E-state index is 10.4. The molecule has 2 aliphatic rings. The van der Waals surface area contributed by atoms with Gasteiger partial charge in [0.05, 0.1) is 6.10 Å². The SMILES string of the molecule is OC(CC1CC2CCC1C2)c1c(Cl)cccc1Cl. The van der Waals surface area contributed by atoms with Gasteiger partial charge in [0.25, 0.3) is 0 Å². The number of hydrogen-bond acceptors (Lipinski definition) is 1. The molecule has 0 radical (unpaired) electrons. The van der Waals surface area contributed by atoms with Gasteiger partial charge >= 0.3 is 0 Å². The molecule has 98 valence electrons. The predicted molar refractivity (Wildman–Crippen MR) is 75.0 cm³/mol. The van der Waals surface area contributed by atoms with Crippen LogP contribution in [0.3, 0.4) is 0 Å². The average molecular weight is 285 g/mol. The molecule has 4 atom stereocenters. The predicted octanol–water partition coefficient (Wildman–Crippen LogP) is 4.85.